The zero-order chi connectivity index (χ0) is 14.0. The van der Waals surface area contributed by atoms with Crippen LogP contribution in [0.1, 0.15) is 23.1 Å². The van der Waals surface area contributed by atoms with Crippen LogP contribution in [0.2, 0.25) is 0 Å². The van der Waals surface area contributed by atoms with E-state index < -0.39 is 0 Å². The maximum Gasteiger partial charge on any atom is 0.271 e. The summed E-state index contributed by atoms with van der Waals surface area (Å²) in [6.07, 6.45) is 3.33. The van der Waals surface area contributed by atoms with Gasteiger partial charge in [-0.3, -0.25) is 14.2 Å². The third kappa shape index (κ3) is 2.89. The van der Waals surface area contributed by atoms with Crippen LogP contribution in [0.15, 0.2) is 21.3 Å². The van der Waals surface area contributed by atoms with E-state index in [1.165, 1.54) is 4.68 Å². The molecule has 0 fully saturated rings. The summed E-state index contributed by atoms with van der Waals surface area (Å²) in [7, 11) is 1.73. The van der Waals surface area contributed by atoms with Gasteiger partial charge < -0.3 is 5.32 Å². The van der Waals surface area contributed by atoms with Gasteiger partial charge in [-0.15, -0.1) is 0 Å². The maximum atomic E-state index is 12.1. The summed E-state index contributed by atoms with van der Waals surface area (Å²) in [6.45, 7) is 3.17. The molecule has 0 saturated heterocycles. The Bertz CT molecular complexity index is 585. The summed E-state index contributed by atoms with van der Waals surface area (Å²) in [5.74, 6) is -0.178. The fourth-order valence-electron chi connectivity index (χ4n) is 1.75. The molecular formula is C11H13Br2N5O. The largest absolute Gasteiger partial charge is 0.345 e. The quantitative estimate of drug-likeness (QED) is 0.869. The van der Waals surface area contributed by atoms with Crippen LogP contribution < -0.4 is 5.32 Å². The van der Waals surface area contributed by atoms with Crippen LogP contribution in [-0.4, -0.2) is 25.5 Å². The second-order valence-electron chi connectivity index (χ2n) is 3.90. The molecule has 0 spiro atoms. The summed E-state index contributed by atoms with van der Waals surface area (Å²) >= 11 is 6.73. The highest BCUT2D eigenvalue weighted by molar-refractivity contribution is 9.10. The van der Waals surface area contributed by atoms with Gasteiger partial charge >= 0.3 is 0 Å². The average Bonchev–Trinajstić information content (AvgIpc) is 2.90. The van der Waals surface area contributed by atoms with Crippen molar-refractivity contribution < 1.29 is 4.79 Å². The number of halogens is 2. The van der Waals surface area contributed by atoms with Gasteiger partial charge in [0.1, 0.15) is 5.69 Å². The number of hydrogen-bond donors (Lipinski definition) is 1. The number of amides is 1. The Morgan fingerprint density at radius 2 is 2.00 bits per heavy atom. The Morgan fingerprint density at radius 3 is 2.58 bits per heavy atom. The molecular weight excluding hydrogens is 378 g/mol. The highest BCUT2D eigenvalue weighted by Gasteiger charge is 2.16. The van der Waals surface area contributed by atoms with E-state index in [0.29, 0.717) is 16.7 Å². The molecule has 0 aliphatic heterocycles. The second-order valence-corrected chi connectivity index (χ2v) is 5.61. The molecule has 0 saturated carbocycles. The van der Waals surface area contributed by atoms with E-state index in [1.807, 2.05) is 11.6 Å². The van der Waals surface area contributed by atoms with Gasteiger partial charge in [0.05, 0.1) is 33.6 Å². The molecule has 2 aromatic rings. The highest BCUT2D eigenvalue weighted by atomic mass is 79.9. The first-order valence-corrected chi connectivity index (χ1v) is 7.29. The number of nitrogens with zero attached hydrogens (tertiary/aromatic N) is 4. The standard InChI is InChI=1S/C11H13Br2N5O/c1-3-18-9(7(12)4-16-18)6-14-11(19)10-8(13)5-15-17(10)2/h4-5H,3,6H2,1-2H3,(H,14,19). The molecule has 0 aromatic carbocycles. The van der Waals surface area contributed by atoms with Gasteiger partial charge in [0.2, 0.25) is 0 Å². The Morgan fingerprint density at radius 1 is 1.32 bits per heavy atom. The van der Waals surface area contributed by atoms with Crippen molar-refractivity contribution in [1.29, 1.82) is 0 Å². The number of carbonyl (C=O) groups is 1. The van der Waals surface area contributed by atoms with Crippen molar-refractivity contribution in [3.63, 3.8) is 0 Å². The van der Waals surface area contributed by atoms with Gasteiger partial charge in [0.15, 0.2) is 0 Å². The van der Waals surface area contributed by atoms with E-state index in [9.17, 15) is 4.79 Å². The SMILES string of the molecule is CCn1ncc(Br)c1CNC(=O)c1c(Br)cnn1C. The van der Waals surface area contributed by atoms with Crippen LogP contribution in [0.4, 0.5) is 0 Å². The first kappa shape index (κ1) is 14.3. The molecule has 2 aromatic heterocycles. The lowest BCUT2D eigenvalue weighted by Crippen LogP contribution is -2.27. The third-order valence-electron chi connectivity index (χ3n) is 2.72. The monoisotopic (exact) mass is 389 g/mol. The lowest BCUT2D eigenvalue weighted by atomic mass is 10.3. The number of carbonyl (C=O) groups excluding carboxylic acids is 1. The fourth-order valence-corrected chi connectivity index (χ4v) is 2.71. The molecule has 0 aliphatic rings. The van der Waals surface area contributed by atoms with Crippen molar-refractivity contribution in [1.82, 2.24) is 24.9 Å². The summed E-state index contributed by atoms with van der Waals surface area (Å²) in [5, 5.41) is 11.1. The molecule has 2 heterocycles. The Balaban J connectivity index is 2.11. The molecule has 19 heavy (non-hydrogen) atoms. The average molecular weight is 391 g/mol. The molecule has 0 radical (unpaired) electrons. The zero-order valence-electron chi connectivity index (χ0n) is 10.5. The fraction of sp³-hybridized carbons (Fsp3) is 0.364. The Hall–Kier alpha value is -1.15. The topological polar surface area (TPSA) is 64.7 Å². The number of hydrogen-bond acceptors (Lipinski definition) is 3. The van der Waals surface area contributed by atoms with Gasteiger partial charge in [0.25, 0.3) is 5.91 Å². The van der Waals surface area contributed by atoms with Crippen molar-refractivity contribution in [2.45, 2.75) is 20.0 Å². The van der Waals surface area contributed by atoms with Crippen molar-refractivity contribution >= 4 is 37.8 Å². The van der Waals surface area contributed by atoms with Crippen LogP contribution in [-0.2, 0) is 20.1 Å². The lowest BCUT2D eigenvalue weighted by Gasteiger charge is -2.08. The number of rotatable bonds is 4. The predicted molar refractivity (Wildman–Crippen MR) is 77.7 cm³/mol. The molecule has 0 aliphatic carbocycles. The van der Waals surface area contributed by atoms with Gasteiger partial charge in [0, 0.05) is 13.6 Å². The summed E-state index contributed by atoms with van der Waals surface area (Å²) in [6, 6.07) is 0. The van der Waals surface area contributed by atoms with Crippen molar-refractivity contribution in [2.24, 2.45) is 7.05 Å². The van der Waals surface area contributed by atoms with Crippen molar-refractivity contribution in [2.75, 3.05) is 0 Å². The molecule has 2 rings (SSSR count). The van der Waals surface area contributed by atoms with Crippen LogP contribution in [0.25, 0.3) is 0 Å². The smallest absolute Gasteiger partial charge is 0.271 e. The Labute approximate surface area is 127 Å². The normalized spacial score (nSPS) is 10.7. The third-order valence-corrected chi connectivity index (χ3v) is 3.97. The van der Waals surface area contributed by atoms with Gasteiger partial charge in [-0.25, -0.2) is 0 Å². The molecule has 1 N–H and O–H groups in total. The summed E-state index contributed by atoms with van der Waals surface area (Å²) < 4.78 is 4.93. The second kappa shape index (κ2) is 5.87. The number of aryl methyl sites for hydroxylation is 2. The minimum absolute atomic E-state index is 0.178. The first-order chi connectivity index (χ1) is 9.04. The Kier molecular flexibility index (Phi) is 4.41. The molecule has 0 atom stereocenters. The van der Waals surface area contributed by atoms with E-state index in [1.54, 1.807) is 19.4 Å². The van der Waals surface area contributed by atoms with Crippen LogP contribution in [0, 0.1) is 0 Å². The van der Waals surface area contributed by atoms with Crippen molar-refractivity contribution in [3.05, 3.63) is 32.7 Å². The predicted octanol–water partition coefficient (Wildman–Crippen LogP) is 2.09. The van der Waals surface area contributed by atoms with Gasteiger partial charge in [-0.2, -0.15) is 10.2 Å². The molecule has 8 heteroatoms. The van der Waals surface area contributed by atoms with E-state index in [2.05, 4.69) is 47.4 Å². The zero-order valence-corrected chi connectivity index (χ0v) is 13.7. The maximum absolute atomic E-state index is 12.1. The highest BCUT2D eigenvalue weighted by Crippen LogP contribution is 2.17. The molecule has 6 nitrogen and oxygen atoms in total. The molecule has 1 amide bonds. The van der Waals surface area contributed by atoms with Crippen LogP contribution >= 0.6 is 31.9 Å². The minimum Gasteiger partial charge on any atom is -0.345 e. The van der Waals surface area contributed by atoms with E-state index in [4.69, 9.17) is 0 Å². The number of aromatic nitrogens is 4. The van der Waals surface area contributed by atoms with E-state index in [-0.39, 0.29) is 5.91 Å². The molecule has 0 unspecified atom stereocenters. The minimum atomic E-state index is -0.178. The van der Waals surface area contributed by atoms with Crippen molar-refractivity contribution in [3.8, 4) is 0 Å². The molecule has 102 valence electrons. The molecule has 0 bridgehead atoms. The van der Waals surface area contributed by atoms with Gasteiger partial charge in [-0.1, -0.05) is 0 Å². The number of nitrogens with one attached hydrogen (secondary N) is 1. The lowest BCUT2D eigenvalue weighted by molar-refractivity contribution is 0.0939. The summed E-state index contributed by atoms with van der Waals surface area (Å²) in [5.41, 5.74) is 1.44. The summed E-state index contributed by atoms with van der Waals surface area (Å²) in [4.78, 5) is 12.1. The first-order valence-electron chi connectivity index (χ1n) is 5.70. The van der Waals surface area contributed by atoms with E-state index >= 15 is 0 Å². The van der Waals surface area contributed by atoms with Crippen LogP contribution in [0.5, 0.6) is 0 Å². The van der Waals surface area contributed by atoms with Gasteiger partial charge in [-0.05, 0) is 38.8 Å². The van der Waals surface area contributed by atoms with E-state index in [0.717, 1.165) is 16.7 Å². The van der Waals surface area contributed by atoms with Crippen LogP contribution in [0.3, 0.4) is 0 Å².